The van der Waals surface area contributed by atoms with Crippen LogP contribution in [0, 0.1) is 0 Å². The third-order valence-corrected chi connectivity index (χ3v) is 5.72. The van der Waals surface area contributed by atoms with Crippen LogP contribution in [0.15, 0.2) is 48.5 Å². The van der Waals surface area contributed by atoms with Crippen LogP contribution in [-0.2, 0) is 20.2 Å². The number of fused-ring (bicyclic) bond motifs is 3. The molecule has 0 saturated heterocycles. The quantitative estimate of drug-likeness (QED) is 0.240. The lowest BCUT2D eigenvalue weighted by molar-refractivity contribution is -0.0504. The summed E-state index contributed by atoms with van der Waals surface area (Å²) in [4.78, 5) is 0. The van der Waals surface area contributed by atoms with E-state index in [9.17, 15) is 43.2 Å². The van der Waals surface area contributed by atoms with Crippen LogP contribution < -0.4 is 8.37 Å². The normalized spacial score (nSPS) is 13.5. The number of rotatable bonds is 4. The number of hydrogen-bond acceptors (Lipinski definition) is 6. The van der Waals surface area contributed by atoms with Crippen LogP contribution in [0.3, 0.4) is 0 Å². The fraction of sp³-hybridized carbons (Fsp3) is 0.125. The first-order valence-electron chi connectivity index (χ1n) is 7.59. The first kappa shape index (κ1) is 22.0. The molecule has 0 saturated carbocycles. The summed E-state index contributed by atoms with van der Waals surface area (Å²) >= 11 is 0. The van der Waals surface area contributed by atoms with Crippen molar-refractivity contribution in [1.29, 1.82) is 0 Å². The Kier molecular flexibility index (Phi) is 5.05. The molecule has 0 aliphatic heterocycles. The Morgan fingerprint density at radius 2 is 0.900 bits per heavy atom. The van der Waals surface area contributed by atoms with Crippen LogP contribution in [0.4, 0.5) is 26.3 Å². The molecule has 6 nitrogen and oxygen atoms in total. The van der Waals surface area contributed by atoms with Crippen molar-refractivity contribution in [3.8, 4) is 11.5 Å². The SMILES string of the molecule is O=S(=O)(Oc1ccc2c(ccc3cc(OS(=O)(=O)C(F)(F)F)ccc32)c1)C(F)(F)F. The summed E-state index contributed by atoms with van der Waals surface area (Å²) in [6, 6.07) is 9.11. The highest BCUT2D eigenvalue weighted by Crippen LogP contribution is 2.34. The van der Waals surface area contributed by atoms with E-state index in [1.54, 1.807) is 0 Å². The first-order chi connectivity index (χ1) is 13.6. The minimum absolute atomic E-state index is 0.258. The molecule has 0 bridgehead atoms. The molecule has 3 rings (SSSR count). The monoisotopic (exact) mass is 474 g/mol. The maximum atomic E-state index is 12.4. The van der Waals surface area contributed by atoms with Gasteiger partial charge in [-0.1, -0.05) is 24.3 Å². The van der Waals surface area contributed by atoms with Crippen LogP contribution in [0.25, 0.3) is 21.5 Å². The summed E-state index contributed by atoms with van der Waals surface area (Å²) in [6.07, 6.45) is 0. The van der Waals surface area contributed by atoms with E-state index in [0.29, 0.717) is 10.8 Å². The number of alkyl halides is 6. The molecule has 0 heterocycles. The van der Waals surface area contributed by atoms with Gasteiger partial charge >= 0.3 is 31.3 Å². The summed E-state index contributed by atoms with van der Waals surface area (Å²) in [5, 5.41) is 1.28. The lowest BCUT2D eigenvalue weighted by Gasteiger charge is -2.12. The fourth-order valence-corrected chi connectivity index (χ4v) is 3.38. The van der Waals surface area contributed by atoms with Gasteiger partial charge in [-0.25, -0.2) is 0 Å². The van der Waals surface area contributed by atoms with Gasteiger partial charge in [0.1, 0.15) is 11.5 Å². The van der Waals surface area contributed by atoms with E-state index in [1.807, 2.05) is 0 Å². The van der Waals surface area contributed by atoms with Crippen LogP contribution in [0.2, 0.25) is 0 Å². The van der Waals surface area contributed by atoms with Gasteiger partial charge in [0.25, 0.3) is 0 Å². The lowest BCUT2D eigenvalue weighted by Crippen LogP contribution is -2.28. The predicted molar refractivity (Wildman–Crippen MR) is 92.7 cm³/mol. The van der Waals surface area contributed by atoms with Gasteiger partial charge in [0.2, 0.25) is 0 Å². The van der Waals surface area contributed by atoms with Gasteiger partial charge in [-0.3, -0.25) is 0 Å². The van der Waals surface area contributed by atoms with E-state index < -0.39 is 42.8 Å². The van der Waals surface area contributed by atoms with Crippen LogP contribution in [-0.4, -0.2) is 27.9 Å². The summed E-state index contributed by atoms with van der Waals surface area (Å²) in [6.45, 7) is 0. The Labute approximate surface area is 164 Å². The molecule has 0 amide bonds. The topological polar surface area (TPSA) is 86.7 Å². The Morgan fingerprint density at radius 1 is 0.567 bits per heavy atom. The molecule has 0 atom stereocenters. The van der Waals surface area contributed by atoms with Gasteiger partial charge in [0.05, 0.1) is 0 Å². The molecule has 30 heavy (non-hydrogen) atoms. The third-order valence-electron chi connectivity index (χ3n) is 3.76. The second kappa shape index (κ2) is 6.91. The average Bonchev–Trinajstić information content (AvgIpc) is 2.58. The number of benzene rings is 3. The van der Waals surface area contributed by atoms with Crippen molar-refractivity contribution < 1.29 is 51.5 Å². The van der Waals surface area contributed by atoms with Crippen molar-refractivity contribution in [2.45, 2.75) is 11.0 Å². The minimum Gasteiger partial charge on any atom is -0.376 e. The summed E-state index contributed by atoms with van der Waals surface area (Å²) in [5.74, 6) is -1.20. The van der Waals surface area contributed by atoms with E-state index in [2.05, 4.69) is 8.37 Å². The highest BCUT2D eigenvalue weighted by atomic mass is 32.2. The zero-order valence-corrected chi connectivity index (χ0v) is 15.8. The minimum atomic E-state index is -5.86. The highest BCUT2D eigenvalue weighted by molar-refractivity contribution is 7.88. The van der Waals surface area contributed by atoms with Crippen molar-refractivity contribution in [2.24, 2.45) is 0 Å². The van der Waals surface area contributed by atoms with Gasteiger partial charge in [0.15, 0.2) is 0 Å². The summed E-state index contributed by atoms with van der Waals surface area (Å²) in [7, 11) is -11.7. The average molecular weight is 474 g/mol. The second-order valence-electron chi connectivity index (χ2n) is 5.80. The van der Waals surface area contributed by atoms with Crippen molar-refractivity contribution in [3.63, 3.8) is 0 Å². The molecular weight excluding hydrogens is 466 g/mol. The molecule has 0 spiro atoms. The smallest absolute Gasteiger partial charge is 0.376 e. The van der Waals surface area contributed by atoms with E-state index in [4.69, 9.17) is 0 Å². The van der Waals surface area contributed by atoms with E-state index in [0.717, 1.165) is 24.3 Å². The number of hydrogen-bond donors (Lipinski definition) is 0. The molecule has 3 aromatic carbocycles. The molecule has 0 aliphatic rings. The Morgan fingerprint density at radius 3 is 1.20 bits per heavy atom. The van der Waals surface area contributed by atoms with Crippen LogP contribution in [0.1, 0.15) is 0 Å². The maximum absolute atomic E-state index is 12.4. The van der Waals surface area contributed by atoms with Gasteiger partial charge in [-0.05, 0) is 45.8 Å². The third kappa shape index (κ3) is 4.09. The predicted octanol–water partition coefficient (Wildman–Crippen LogP) is 4.45. The molecule has 14 heteroatoms. The van der Waals surface area contributed by atoms with Crippen LogP contribution >= 0.6 is 0 Å². The van der Waals surface area contributed by atoms with Crippen molar-refractivity contribution in [2.75, 3.05) is 0 Å². The zero-order valence-electron chi connectivity index (χ0n) is 14.2. The Hall–Kier alpha value is -2.74. The fourth-order valence-electron chi connectivity index (χ4n) is 2.48. The molecule has 0 N–H and O–H groups in total. The molecule has 162 valence electrons. The molecule has 0 radical (unpaired) electrons. The van der Waals surface area contributed by atoms with E-state index >= 15 is 0 Å². The standard InChI is InChI=1S/C16H8F6O6S2/c17-15(18,19)29(23,24)27-11-3-5-13-9(7-11)1-2-10-8-12(4-6-14(10)13)28-30(25,26)16(20,21)22/h1-8H. The molecule has 3 aromatic rings. The molecule has 0 fully saturated rings. The zero-order chi connectivity index (χ0) is 22.5. The Bertz CT molecular complexity index is 1240. The van der Waals surface area contributed by atoms with Crippen molar-refractivity contribution >= 4 is 41.8 Å². The van der Waals surface area contributed by atoms with Gasteiger partial charge in [-0.15, -0.1) is 0 Å². The van der Waals surface area contributed by atoms with E-state index in [1.165, 1.54) is 24.3 Å². The van der Waals surface area contributed by atoms with Gasteiger partial charge < -0.3 is 8.37 Å². The number of halogens is 6. The van der Waals surface area contributed by atoms with Crippen LogP contribution in [0.5, 0.6) is 11.5 Å². The first-order valence-corrected chi connectivity index (χ1v) is 10.4. The molecule has 0 unspecified atom stereocenters. The molecule has 0 aliphatic carbocycles. The van der Waals surface area contributed by atoms with Crippen molar-refractivity contribution in [1.82, 2.24) is 0 Å². The lowest BCUT2D eigenvalue weighted by atomic mass is 10.0. The van der Waals surface area contributed by atoms with Crippen molar-refractivity contribution in [3.05, 3.63) is 48.5 Å². The molecular formula is C16H8F6O6S2. The summed E-state index contributed by atoms with van der Waals surface area (Å²) < 4.78 is 127. The highest BCUT2D eigenvalue weighted by Gasteiger charge is 2.49. The van der Waals surface area contributed by atoms with E-state index in [-0.39, 0.29) is 10.8 Å². The molecule has 0 aromatic heterocycles. The maximum Gasteiger partial charge on any atom is 0.534 e. The van der Waals surface area contributed by atoms with Gasteiger partial charge in [0, 0.05) is 0 Å². The Balaban J connectivity index is 2.00. The largest absolute Gasteiger partial charge is 0.534 e. The second-order valence-corrected chi connectivity index (χ2v) is 8.87. The van der Waals surface area contributed by atoms with Gasteiger partial charge in [-0.2, -0.15) is 43.2 Å². The summed E-state index contributed by atoms with van der Waals surface area (Å²) in [5.41, 5.74) is -11.2.